The van der Waals surface area contributed by atoms with Crippen molar-refractivity contribution in [1.82, 2.24) is 14.9 Å². The molecular weight excluding hydrogens is 420 g/mol. The molecule has 1 fully saturated rings. The number of aliphatic hydroxyl groups excluding tert-OH is 1. The number of aliphatic hydroxyl groups is 1. The number of ether oxygens (including phenoxy) is 2. The van der Waals surface area contributed by atoms with Gasteiger partial charge in [-0.1, -0.05) is 48.5 Å². The summed E-state index contributed by atoms with van der Waals surface area (Å²) in [6.45, 7) is 2.51. The van der Waals surface area contributed by atoms with Gasteiger partial charge in [0.15, 0.2) is 0 Å². The molecule has 0 bridgehead atoms. The molecule has 5 rings (SSSR count). The highest BCUT2D eigenvalue weighted by atomic mass is 16.6. The number of carbonyl (C=O) groups is 1. The molecule has 1 saturated heterocycles. The van der Waals surface area contributed by atoms with Gasteiger partial charge in [0.1, 0.15) is 12.7 Å². The van der Waals surface area contributed by atoms with Gasteiger partial charge in [-0.3, -0.25) is 0 Å². The van der Waals surface area contributed by atoms with Crippen molar-refractivity contribution in [2.45, 2.75) is 25.2 Å². The first-order valence-electron chi connectivity index (χ1n) is 11.2. The van der Waals surface area contributed by atoms with Crippen LogP contribution in [0.5, 0.6) is 5.88 Å². The van der Waals surface area contributed by atoms with E-state index in [-0.39, 0.29) is 18.8 Å². The van der Waals surface area contributed by atoms with Gasteiger partial charge in [-0.15, -0.1) is 0 Å². The Kier molecular flexibility index (Phi) is 6.08. The molecule has 170 valence electrons. The van der Waals surface area contributed by atoms with E-state index in [1.54, 1.807) is 11.0 Å². The van der Waals surface area contributed by atoms with Crippen LogP contribution in [0.15, 0.2) is 66.7 Å². The van der Waals surface area contributed by atoms with E-state index in [1.165, 1.54) is 0 Å². The Hall–Kier alpha value is -3.65. The zero-order valence-electron chi connectivity index (χ0n) is 18.2. The quantitative estimate of drug-likeness (QED) is 0.603. The lowest BCUT2D eigenvalue weighted by molar-refractivity contribution is 0.0940. The van der Waals surface area contributed by atoms with Crippen LogP contribution in [-0.2, 0) is 11.3 Å². The van der Waals surface area contributed by atoms with Crippen molar-refractivity contribution >= 4 is 22.9 Å². The Labute approximate surface area is 192 Å². The highest BCUT2D eigenvalue weighted by molar-refractivity contribution is 5.84. The maximum Gasteiger partial charge on any atom is 0.410 e. The number of hydrogen-bond acceptors (Lipinski definition) is 7. The van der Waals surface area contributed by atoms with Crippen molar-refractivity contribution in [3.8, 4) is 5.88 Å². The molecule has 1 amide bonds. The molecule has 1 aromatic heterocycles. The van der Waals surface area contributed by atoms with Gasteiger partial charge in [-0.25, -0.2) is 9.78 Å². The van der Waals surface area contributed by atoms with Crippen LogP contribution in [0.1, 0.15) is 12.0 Å². The van der Waals surface area contributed by atoms with Crippen molar-refractivity contribution < 1.29 is 19.4 Å². The summed E-state index contributed by atoms with van der Waals surface area (Å²) in [6, 6.07) is 17.4. The predicted octanol–water partition coefficient (Wildman–Crippen LogP) is 3.16. The fourth-order valence-corrected chi connectivity index (χ4v) is 4.04. The minimum atomic E-state index is -0.489. The second kappa shape index (κ2) is 9.46. The molecule has 1 aliphatic carbocycles. The van der Waals surface area contributed by atoms with Crippen molar-refractivity contribution in [1.29, 1.82) is 0 Å². The highest BCUT2D eigenvalue weighted by Gasteiger charge is 2.26. The van der Waals surface area contributed by atoms with Gasteiger partial charge in [-0.2, -0.15) is 4.98 Å². The highest BCUT2D eigenvalue weighted by Crippen LogP contribution is 2.28. The Morgan fingerprint density at radius 1 is 0.970 bits per heavy atom. The van der Waals surface area contributed by atoms with Gasteiger partial charge in [0.25, 0.3) is 0 Å². The van der Waals surface area contributed by atoms with Crippen LogP contribution >= 0.6 is 0 Å². The summed E-state index contributed by atoms with van der Waals surface area (Å²) >= 11 is 0. The van der Waals surface area contributed by atoms with Crippen LogP contribution in [0.3, 0.4) is 0 Å². The zero-order valence-corrected chi connectivity index (χ0v) is 18.2. The summed E-state index contributed by atoms with van der Waals surface area (Å²) < 4.78 is 11.6. The van der Waals surface area contributed by atoms with E-state index in [9.17, 15) is 9.90 Å². The number of amides is 1. The fourth-order valence-electron chi connectivity index (χ4n) is 4.04. The van der Waals surface area contributed by atoms with Crippen LogP contribution in [0.2, 0.25) is 0 Å². The van der Waals surface area contributed by atoms with E-state index >= 15 is 0 Å². The van der Waals surface area contributed by atoms with Crippen LogP contribution in [-0.4, -0.2) is 64.5 Å². The average molecular weight is 447 g/mol. The van der Waals surface area contributed by atoms with Gasteiger partial charge < -0.3 is 24.4 Å². The number of rotatable bonds is 5. The standard InChI is InChI=1S/C25H26N4O4/c30-19-10-11-20(16-19)33-23-21-8-4-5-9-22(21)26-24(27-23)28-12-14-29(15-13-28)25(31)32-17-18-6-2-1-3-7-18/h1-11,19-20,30H,12-17H2/t19-,20+/m0/s1. The molecule has 33 heavy (non-hydrogen) atoms. The number of nitrogens with zero attached hydrogens (tertiary/aromatic N) is 4. The summed E-state index contributed by atoms with van der Waals surface area (Å²) in [5, 5.41) is 10.6. The molecule has 2 aromatic carbocycles. The topological polar surface area (TPSA) is 88.0 Å². The largest absolute Gasteiger partial charge is 0.469 e. The SMILES string of the molecule is O=C(OCc1ccccc1)N1CCN(c2nc(O[C@@H]3C=C[C@H](O)C3)c3ccccc3n2)CC1. The summed E-state index contributed by atoms with van der Waals surface area (Å²) in [6.07, 6.45) is 3.09. The van der Waals surface area contributed by atoms with Crippen LogP contribution in [0, 0.1) is 0 Å². The molecule has 0 spiro atoms. The molecule has 1 N–H and O–H groups in total. The van der Waals surface area contributed by atoms with Crippen molar-refractivity contribution in [3.63, 3.8) is 0 Å². The molecule has 2 atom stereocenters. The lowest BCUT2D eigenvalue weighted by Crippen LogP contribution is -2.49. The van der Waals surface area contributed by atoms with Gasteiger partial charge in [0.2, 0.25) is 11.8 Å². The number of benzene rings is 2. The van der Waals surface area contributed by atoms with Crippen LogP contribution in [0.4, 0.5) is 10.7 Å². The Morgan fingerprint density at radius 3 is 2.48 bits per heavy atom. The normalized spacial score (nSPS) is 20.3. The molecule has 2 aliphatic rings. The van der Waals surface area contributed by atoms with Crippen LogP contribution in [0.25, 0.3) is 10.9 Å². The molecule has 1 aliphatic heterocycles. The minimum absolute atomic E-state index is 0.220. The third-order valence-electron chi connectivity index (χ3n) is 5.87. The Morgan fingerprint density at radius 2 is 1.73 bits per heavy atom. The maximum atomic E-state index is 12.5. The second-order valence-corrected chi connectivity index (χ2v) is 8.20. The first-order valence-corrected chi connectivity index (χ1v) is 11.2. The third-order valence-corrected chi connectivity index (χ3v) is 5.87. The van der Waals surface area contributed by atoms with Gasteiger partial charge in [0.05, 0.1) is 17.0 Å². The minimum Gasteiger partial charge on any atom is -0.469 e. The summed E-state index contributed by atoms with van der Waals surface area (Å²) in [5.74, 6) is 1.08. The van der Waals surface area contributed by atoms with Crippen molar-refractivity contribution in [2.75, 3.05) is 31.1 Å². The van der Waals surface area contributed by atoms with E-state index in [0.29, 0.717) is 44.4 Å². The summed E-state index contributed by atoms with van der Waals surface area (Å²) in [5.41, 5.74) is 1.76. The smallest absolute Gasteiger partial charge is 0.410 e. The Balaban J connectivity index is 1.25. The van der Waals surface area contributed by atoms with Gasteiger partial charge >= 0.3 is 6.09 Å². The number of aromatic nitrogens is 2. The molecule has 8 heteroatoms. The number of carbonyl (C=O) groups excluding carboxylic acids is 1. The average Bonchev–Trinajstić information content (AvgIpc) is 3.27. The zero-order chi connectivity index (χ0) is 22.6. The Bertz CT molecular complexity index is 1150. The summed E-state index contributed by atoms with van der Waals surface area (Å²) in [7, 11) is 0. The molecule has 0 radical (unpaired) electrons. The molecule has 3 aromatic rings. The van der Waals surface area contributed by atoms with E-state index in [0.717, 1.165) is 16.5 Å². The number of fused-ring (bicyclic) bond motifs is 1. The fraction of sp³-hybridized carbons (Fsp3) is 0.320. The predicted molar refractivity (Wildman–Crippen MR) is 124 cm³/mol. The molecule has 0 unspecified atom stereocenters. The van der Waals surface area contributed by atoms with E-state index in [2.05, 4.69) is 4.90 Å². The summed E-state index contributed by atoms with van der Waals surface area (Å²) in [4.78, 5) is 25.7. The van der Waals surface area contributed by atoms with E-state index in [1.807, 2.05) is 60.7 Å². The second-order valence-electron chi connectivity index (χ2n) is 8.20. The van der Waals surface area contributed by atoms with Crippen molar-refractivity contribution in [2.24, 2.45) is 0 Å². The number of para-hydroxylation sites is 1. The third kappa shape index (κ3) is 4.90. The van der Waals surface area contributed by atoms with E-state index in [4.69, 9.17) is 19.4 Å². The first kappa shape index (κ1) is 21.2. The van der Waals surface area contributed by atoms with Gasteiger partial charge in [0, 0.05) is 32.6 Å². The number of piperazine rings is 1. The molecule has 0 saturated carbocycles. The molecular formula is C25H26N4O4. The maximum absolute atomic E-state index is 12.5. The molecule has 2 heterocycles. The lowest BCUT2D eigenvalue weighted by Gasteiger charge is -2.34. The number of hydrogen-bond donors (Lipinski definition) is 1. The van der Waals surface area contributed by atoms with Crippen molar-refractivity contribution in [3.05, 3.63) is 72.3 Å². The van der Waals surface area contributed by atoms with Crippen LogP contribution < -0.4 is 9.64 Å². The van der Waals surface area contributed by atoms with Gasteiger partial charge in [-0.05, 0) is 23.8 Å². The lowest BCUT2D eigenvalue weighted by atomic mass is 10.2. The molecule has 8 nitrogen and oxygen atoms in total. The first-order chi connectivity index (χ1) is 16.2. The van der Waals surface area contributed by atoms with E-state index < -0.39 is 6.10 Å². The number of anilines is 1. The monoisotopic (exact) mass is 446 g/mol.